The molecule has 1 atom stereocenters. The van der Waals surface area contributed by atoms with Crippen LogP contribution in [0.5, 0.6) is 0 Å². The second kappa shape index (κ2) is 7.97. The lowest BCUT2D eigenvalue weighted by Crippen LogP contribution is -2.27. The molecule has 0 radical (unpaired) electrons. The fourth-order valence-corrected chi connectivity index (χ4v) is 2.00. The molecule has 0 aliphatic carbocycles. The Labute approximate surface area is 119 Å². The van der Waals surface area contributed by atoms with Gasteiger partial charge in [-0.3, -0.25) is 4.79 Å². The zero-order valence-electron chi connectivity index (χ0n) is 11.3. The summed E-state index contributed by atoms with van der Waals surface area (Å²) in [6, 6.07) is 7.07. The molecule has 1 unspecified atom stereocenters. The number of carbonyl (C=O) groups excluding carboxylic acids is 1. The van der Waals surface area contributed by atoms with Gasteiger partial charge in [-0.05, 0) is 18.9 Å². The van der Waals surface area contributed by atoms with Crippen LogP contribution in [0.3, 0.4) is 0 Å². The van der Waals surface area contributed by atoms with Crippen molar-refractivity contribution in [1.29, 1.82) is 0 Å². The van der Waals surface area contributed by atoms with Crippen molar-refractivity contribution in [1.82, 2.24) is 5.32 Å². The maximum atomic E-state index is 11.7. The molecule has 1 amide bonds. The van der Waals surface area contributed by atoms with Crippen LogP contribution in [0.1, 0.15) is 38.4 Å². The second-order valence-electron chi connectivity index (χ2n) is 4.29. The van der Waals surface area contributed by atoms with Crippen LogP contribution in [-0.2, 0) is 4.79 Å². The number of halogens is 1. The van der Waals surface area contributed by atoms with Crippen molar-refractivity contribution in [2.24, 2.45) is 0 Å². The second-order valence-corrected chi connectivity index (χ2v) is 4.70. The van der Waals surface area contributed by atoms with E-state index in [9.17, 15) is 9.90 Å². The van der Waals surface area contributed by atoms with Gasteiger partial charge in [-0.15, -0.1) is 0 Å². The highest BCUT2D eigenvalue weighted by Crippen LogP contribution is 2.21. The molecular formula is C15H20ClNO2. The van der Waals surface area contributed by atoms with E-state index in [1.54, 1.807) is 30.3 Å². The minimum absolute atomic E-state index is 0.153. The van der Waals surface area contributed by atoms with Crippen LogP contribution < -0.4 is 5.32 Å². The van der Waals surface area contributed by atoms with Crippen LogP contribution in [-0.4, -0.2) is 17.6 Å². The van der Waals surface area contributed by atoms with Gasteiger partial charge in [0.25, 0.3) is 0 Å². The van der Waals surface area contributed by atoms with Crippen LogP contribution >= 0.6 is 11.6 Å². The zero-order chi connectivity index (χ0) is 14.3. The van der Waals surface area contributed by atoms with E-state index < -0.39 is 6.10 Å². The van der Waals surface area contributed by atoms with E-state index in [0.717, 1.165) is 18.4 Å². The molecule has 0 saturated carbocycles. The number of allylic oxidation sites excluding steroid dienone is 1. The van der Waals surface area contributed by atoms with Gasteiger partial charge in [0.15, 0.2) is 0 Å². The van der Waals surface area contributed by atoms with Crippen molar-refractivity contribution in [3.8, 4) is 0 Å². The van der Waals surface area contributed by atoms with Crippen LogP contribution in [0.25, 0.3) is 0 Å². The Bertz CT molecular complexity index is 451. The summed E-state index contributed by atoms with van der Waals surface area (Å²) in [7, 11) is 0. The van der Waals surface area contributed by atoms with Gasteiger partial charge in [-0.2, -0.15) is 0 Å². The minimum atomic E-state index is -0.794. The van der Waals surface area contributed by atoms with E-state index in [2.05, 4.69) is 5.32 Å². The Hall–Kier alpha value is -1.32. The van der Waals surface area contributed by atoms with E-state index in [-0.39, 0.29) is 12.5 Å². The molecular weight excluding hydrogens is 262 g/mol. The van der Waals surface area contributed by atoms with Crippen LogP contribution in [0.4, 0.5) is 0 Å². The summed E-state index contributed by atoms with van der Waals surface area (Å²) in [6.45, 7) is 4.18. The minimum Gasteiger partial charge on any atom is -0.387 e. The van der Waals surface area contributed by atoms with Gasteiger partial charge in [0, 0.05) is 23.2 Å². The highest BCUT2D eigenvalue weighted by atomic mass is 35.5. The molecule has 1 rings (SSSR count). The molecule has 0 saturated heterocycles. The molecule has 104 valence electrons. The number of hydrogen-bond donors (Lipinski definition) is 2. The van der Waals surface area contributed by atoms with Gasteiger partial charge in [0.1, 0.15) is 0 Å². The number of aliphatic hydroxyl groups is 1. The predicted molar refractivity (Wildman–Crippen MR) is 78.1 cm³/mol. The maximum absolute atomic E-state index is 11.7. The quantitative estimate of drug-likeness (QED) is 0.787. The summed E-state index contributed by atoms with van der Waals surface area (Å²) in [6.07, 6.45) is 2.52. The van der Waals surface area contributed by atoms with Gasteiger partial charge >= 0.3 is 0 Å². The maximum Gasteiger partial charge on any atom is 0.244 e. The van der Waals surface area contributed by atoms with Gasteiger partial charge in [-0.25, -0.2) is 0 Å². The lowest BCUT2D eigenvalue weighted by molar-refractivity contribution is -0.117. The Morgan fingerprint density at radius 2 is 2.00 bits per heavy atom. The molecule has 0 spiro atoms. The molecule has 1 aromatic carbocycles. The molecule has 0 aliphatic heterocycles. The first-order chi connectivity index (χ1) is 9.08. The van der Waals surface area contributed by atoms with Crippen LogP contribution in [0.2, 0.25) is 5.02 Å². The fourth-order valence-electron chi connectivity index (χ4n) is 1.74. The summed E-state index contributed by atoms with van der Waals surface area (Å²) in [5, 5.41) is 13.2. The van der Waals surface area contributed by atoms with Crippen LogP contribution in [0.15, 0.2) is 35.9 Å². The molecule has 0 bridgehead atoms. The van der Waals surface area contributed by atoms with Gasteiger partial charge < -0.3 is 10.4 Å². The number of benzene rings is 1. The largest absolute Gasteiger partial charge is 0.387 e. The molecule has 3 nitrogen and oxygen atoms in total. The van der Waals surface area contributed by atoms with E-state index in [0.29, 0.717) is 10.6 Å². The summed E-state index contributed by atoms with van der Waals surface area (Å²) >= 11 is 5.98. The summed E-state index contributed by atoms with van der Waals surface area (Å²) in [5.74, 6) is -0.176. The van der Waals surface area contributed by atoms with E-state index >= 15 is 0 Å². The number of nitrogens with one attached hydrogen (secondary N) is 1. The van der Waals surface area contributed by atoms with E-state index in [4.69, 9.17) is 11.6 Å². The normalized spacial score (nSPS) is 11.8. The predicted octanol–water partition coefficient (Wildman–Crippen LogP) is 3.24. The monoisotopic (exact) mass is 281 g/mol. The molecule has 19 heavy (non-hydrogen) atoms. The van der Waals surface area contributed by atoms with Crippen molar-refractivity contribution < 1.29 is 9.90 Å². The highest BCUT2D eigenvalue weighted by molar-refractivity contribution is 6.31. The number of rotatable bonds is 6. The highest BCUT2D eigenvalue weighted by Gasteiger charge is 2.11. The van der Waals surface area contributed by atoms with Gasteiger partial charge in [0.05, 0.1) is 6.10 Å². The molecule has 0 fully saturated rings. The van der Waals surface area contributed by atoms with Crippen molar-refractivity contribution in [2.45, 2.75) is 32.8 Å². The topological polar surface area (TPSA) is 49.3 Å². The lowest BCUT2D eigenvalue weighted by atomic mass is 10.1. The molecule has 2 N–H and O–H groups in total. The fraction of sp³-hybridized carbons (Fsp3) is 0.400. The SMILES string of the molecule is CCC(=CC(=O)NCC(O)c1ccccc1Cl)CC. The van der Waals surface area contributed by atoms with E-state index in [1.165, 1.54) is 0 Å². The third-order valence-electron chi connectivity index (χ3n) is 2.98. The first-order valence-electron chi connectivity index (χ1n) is 6.48. The molecule has 0 aliphatic rings. The van der Waals surface area contributed by atoms with Gasteiger partial charge in [0.2, 0.25) is 5.91 Å². The Morgan fingerprint density at radius 3 is 2.58 bits per heavy atom. The molecule has 4 heteroatoms. The van der Waals surface area contributed by atoms with Crippen molar-refractivity contribution >= 4 is 17.5 Å². The van der Waals surface area contributed by atoms with Gasteiger partial charge in [-0.1, -0.05) is 49.2 Å². The lowest BCUT2D eigenvalue weighted by Gasteiger charge is -2.13. The van der Waals surface area contributed by atoms with Crippen LogP contribution in [0, 0.1) is 0 Å². The Morgan fingerprint density at radius 1 is 1.37 bits per heavy atom. The Balaban J connectivity index is 2.55. The first kappa shape index (κ1) is 15.7. The third kappa shape index (κ3) is 5.05. The standard InChI is InChI=1S/C15H20ClNO2/c1-3-11(4-2)9-15(19)17-10-14(18)12-7-5-6-8-13(12)16/h5-9,14,18H,3-4,10H2,1-2H3,(H,17,19). The summed E-state index contributed by atoms with van der Waals surface area (Å²) < 4.78 is 0. The molecule has 0 aromatic heterocycles. The Kier molecular flexibility index (Phi) is 6.60. The molecule has 0 heterocycles. The van der Waals surface area contributed by atoms with E-state index in [1.807, 2.05) is 13.8 Å². The number of carbonyl (C=O) groups is 1. The zero-order valence-corrected chi connectivity index (χ0v) is 12.1. The average Bonchev–Trinajstić information content (AvgIpc) is 2.42. The molecule has 1 aromatic rings. The summed E-state index contributed by atoms with van der Waals surface area (Å²) in [5.41, 5.74) is 1.71. The number of hydrogen-bond acceptors (Lipinski definition) is 2. The summed E-state index contributed by atoms with van der Waals surface area (Å²) in [4.78, 5) is 11.7. The van der Waals surface area contributed by atoms with Crippen molar-refractivity contribution in [3.63, 3.8) is 0 Å². The van der Waals surface area contributed by atoms with Crippen molar-refractivity contribution in [2.75, 3.05) is 6.54 Å². The third-order valence-corrected chi connectivity index (χ3v) is 3.32. The average molecular weight is 282 g/mol. The number of aliphatic hydroxyl groups excluding tert-OH is 1. The number of amides is 1. The smallest absolute Gasteiger partial charge is 0.244 e. The first-order valence-corrected chi connectivity index (χ1v) is 6.86. The van der Waals surface area contributed by atoms with Crippen molar-refractivity contribution in [3.05, 3.63) is 46.5 Å².